The molecule has 37 heavy (non-hydrogen) atoms. The number of piperidine rings is 1. The Morgan fingerprint density at radius 3 is 2.19 bits per heavy atom. The number of methoxy groups -OCH3 is 2. The number of hydrogen-bond donors (Lipinski definition) is 0. The summed E-state index contributed by atoms with van der Waals surface area (Å²) in [6, 6.07) is 20.2. The highest BCUT2D eigenvalue weighted by atomic mass is 16.5. The van der Waals surface area contributed by atoms with Gasteiger partial charge in [-0.05, 0) is 67.9 Å². The third kappa shape index (κ3) is 4.74. The topological polar surface area (TPSA) is 49.4 Å². The second-order valence-electron chi connectivity index (χ2n) is 9.72. The molecule has 3 aromatic carbocycles. The van der Waals surface area contributed by atoms with E-state index in [2.05, 4.69) is 29.2 Å². The summed E-state index contributed by atoms with van der Waals surface area (Å²) in [5.74, 6) is 4.02. The van der Waals surface area contributed by atoms with Crippen molar-refractivity contribution >= 4 is 11.1 Å². The van der Waals surface area contributed by atoms with Gasteiger partial charge in [0.2, 0.25) is 0 Å². The van der Waals surface area contributed by atoms with Crippen LogP contribution in [0.3, 0.4) is 0 Å². The number of benzene rings is 3. The molecule has 0 spiro atoms. The van der Waals surface area contributed by atoms with E-state index >= 15 is 0 Å². The van der Waals surface area contributed by atoms with Crippen LogP contribution in [0.4, 0.5) is 0 Å². The van der Waals surface area contributed by atoms with Crippen LogP contribution in [0.2, 0.25) is 0 Å². The van der Waals surface area contributed by atoms with E-state index in [0.29, 0.717) is 13.2 Å². The van der Waals surface area contributed by atoms with Crippen LogP contribution >= 0.6 is 0 Å². The van der Waals surface area contributed by atoms with Crippen LogP contribution in [0.5, 0.6) is 28.7 Å². The monoisotopic (exact) mass is 499 g/mol. The van der Waals surface area contributed by atoms with Crippen LogP contribution in [0.25, 0.3) is 11.1 Å². The van der Waals surface area contributed by atoms with Crippen molar-refractivity contribution < 1.29 is 23.7 Å². The van der Waals surface area contributed by atoms with E-state index < -0.39 is 0 Å². The van der Waals surface area contributed by atoms with Crippen molar-refractivity contribution in [2.75, 3.05) is 47.1 Å². The van der Waals surface area contributed by atoms with Gasteiger partial charge >= 0.3 is 0 Å². The molecule has 6 nitrogen and oxygen atoms in total. The molecular formula is C31H33NO5. The van der Waals surface area contributed by atoms with Gasteiger partial charge in [0.25, 0.3) is 0 Å². The van der Waals surface area contributed by atoms with Crippen molar-refractivity contribution in [1.82, 2.24) is 4.90 Å². The maximum Gasteiger partial charge on any atom is 0.150 e. The number of likely N-dealkylation sites (tertiary alicyclic amines) is 1. The van der Waals surface area contributed by atoms with E-state index in [1.165, 1.54) is 32.4 Å². The van der Waals surface area contributed by atoms with Crippen LogP contribution in [-0.4, -0.2) is 52.0 Å². The molecule has 6 heteroatoms. The van der Waals surface area contributed by atoms with Crippen molar-refractivity contribution in [2.24, 2.45) is 0 Å². The number of nitrogens with zero attached hydrogens (tertiary/aromatic N) is 1. The Labute approximate surface area is 218 Å². The van der Waals surface area contributed by atoms with Gasteiger partial charge in [-0.15, -0.1) is 0 Å². The lowest BCUT2D eigenvalue weighted by atomic mass is 9.84. The molecule has 6 rings (SSSR count). The summed E-state index contributed by atoms with van der Waals surface area (Å²) in [6.07, 6.45) is 3.66. The molecule has 3 aliphatic heterocycles. The van der Waals surface area contributed by atoms with Crippen LogP contribution in [0.15, 0.2) is 60.7 Å². The average Bonchev–Trinajstić information content (AvgIpc) is 2.96. The zero-order valence-corrected chi connectivity index (χ0v) is 21.5. The van der Waals surface area contributed by atoms with Crippen LogP contribution in [0, 0.1) is 0 Å². The first kappa shape index (κ1) is 23.7. The van der Waals surface area contributed by atoms with Crippen LogP contribution in [0.1, 0.15) is 42.1 Å². The number of rotatable bonds is 7. The minimum absolute atomic E-state index is 0.284. The van der Waals surface area contributed by atoms with Gasteiger partial charge in [0.15, 0.2) is 6.10 Å². The molecule has 3 heterocycles. The fourth-order valence-electron chi connectivity index (χ4n) is 5.50. The Kier molecular flexibility index (Phi) is 6.66. The van der Waals surface area contributed by atoms with E-state index in [4.69, 9.17) is 23.7 Å². The van der Waals surface area contributed by atoms with Gasteiger partial charge in [0, 0.05) is 41.0 Å². The molecule has 0 saturated carbocycles. The fourth-order valence-corrected chi connectivity index (χ4v) is 5.50. The number of fused-ring (bicyclic) bond motifs is 4. The minimum atomic E-state index is -0.284. The Balaban J connectivity index is 1.30. The second kappa shape index (κ2) is 10.4. The van der Waals surface area contributed by atoms with Gasteiger partial charge in [-0.25, -0.2) is 0 Å². The normalized spacial score (nSPS) is 18.6. The Morgan fingerprint density at radius 1 is 0.784 bits per heavy atom. The summed E-state index contributed by atoms with van der Waals surface area (Å²) in [6.45, 7) is 4.51. The highest BCUT2D eigenvalue weighted by molar-refractivity contribution is 5.99. The first-order valence-electron chi connectivity index (χ1n) is 13.1. The fraction of sp³-hybridized carbons (Fsp3) is 0.355. The molecule has 1 unspecified atom stereocenters. The van der Waals surface area contributed by atoms with E-state index in [0.717, 1.165) is 63.1 Å². The lowest BCUT2D eigenvalue weighted by Gasteiger charge is -2.35. The quantitative estimate of drug-likeness (QED) is 0.397. The van der Waals surface area contributed by atoms with Crippen LogP contribution in [-0.2, 0) is 0 Å². The molecule has 0 aliphatic carbocycles. The van der Waals surface area contributed by atoms with Crippen molar-refractivity contribution in [2.45, 2.75) is 25.4 Å². The zero-order valence-electron chi connectivity index (χ0n) is 21.5. The van der Waals surface area contributed by atoms with Gasteiger partial charge in [-0.1, -0.05) is 18.6 Å². The molecular weight excluding hydrogens is 466 g/mol. The summed E-state index contributed by atoms with van der Waals surface area (Å²) in [7, 11) is 3.34. The molecule has 0 bridgehead atoms. The Bertz CT molecular complexity index is 1290. The average molecular weight is 500 g/mol. The van der Waals surface area contributed by atoms with Gasteiger partial charge < -0.3 is 23.7 Å². The third-order valence-corrected chi connectivity index (χ3v) is 7.50. The lowest BCUT2D eigenvalue weighted by Crippen LogP contribution is -2.33. The summed E-state index contributed by atoms with van der Waals surface area (Å²) < 4.78 is 29.9. The molecule has 3 aliphatic rings. The molecule has 1 saturated heterocycles. The third-order valence-electron chi connectivity index (χ3n) is 7.50. The molecule has 3 aromatic rings. The molecule has 192 valence electrons. The molecule has 0 N–H and O–H groups in total. The predicted octanol–water partition coefficient (Wildman–Crippen LogP) is 6.01. The molecule has 1 fully saturated rings. The molecule has 1 atom stereocenters. The van der Waals surface area contributed by atoms with E-state index in [9.17, 15) is 0 Å². The van der Waals surface area contributed by atoms with Gasteiger partial charge in [-0.2, -0.15) is 0 Å². The summed E-state index contributed by atoms with van der Waals surface area (Å²) in [5, 5.41) is 0. The number of ether oxygens (including phenoxy) is 5. The van der Waals surface area contributed by atoms with Crippen molar-refractivity contribution in [1.29, 1.82) is 0 Å². The van der Waals surface area contributed by atoms with E-state index in [1.807, 2.05) is 36.4 Å². The van der Waals surface area contributed by atoms with Gasteiger partial charge in [0.05, 0.1) is 14.2 Å². The molecule has 0 aromatic heterocycles. The molecule has 0 amide bonds. The summed E-state index contributed by atoms with van der Waals surface area (Å²) in [5.41, 5.74) is 5.38. The maximum atomic E-state index is 6.67. The van der Waals surface area contributed by atoms with Gasteiger partial charge in [-0.3, -0.25) is 4.90 Å². The maximum absolute atomic E-state index is 6.67. The Morgan fingerprint density at radius 2 is 1.46 bits per heavy atom. The first-order valence-corrected chi connectivity index (χ1v) is 13.1. The predicted molar refractivity (Wildman–Crippen MR) is 144 cm³/mol. The summed E-state index contributed by atoms with van der Waals surface area (Å²) in [4.78, 5) is 2.49. The Hall–Kier alpha value is -3.64. The van der Waals surface area contributed by atoms with E-state index in [1.54, 1.807) is 14.2 Å². The largest absolute Gasteiger partial charge is 0.497 e. The smallest absolute Gasteiger partial charge is 0.150 e. The van der Waals surface area contributed by atoms with E-state index in [-0.39, 0.29) is 6.10 Å². The van der Waals surface area contributed by atoms with Crippen molar-refractivity contribution in [3.63, 3.8) is 0 Å². The van der Waals surface area contributed by atoms with Crippen LogP contribution < -0.4 is 23.7 Å². The van der Waals surface area contributed by atoms with Crippen molar-refractivity contribution in [3.8, 4) is 28.7 Å². The molecule has 0 radical (unpaired) electrons. The van der Waals surface area contributed by atoms with Crippen molar-refractivity contribution in [3.05, 3.63) is 77.4 Å². The highest BCUT2D eigenvalue weighted by Gasteiger charge is 2.35. The standard InChI is InChI=1S/C31H33NO5/c1-33-23-11-13-26-28(18-23)36-20-27-25-12-10-24(34-2)19-29(25)37-31(30(26)27)21-6-8-22(9-7-21)35-17-16-32-14-4-3-5-15-32/h6-13,18-19,31H,3-5,14-17,20H2,1-2H3. The zero-order chi connectivity index (χ0) is 25.2. The second-order valence-corrected chi connectivity index (χ2v) is 9.72. The summed E-state index contributed by atoms with van der Waals surface area (Å²) >= 11 is 0. The highest BCUT2D eigenvalue weighted by Crippen LogP contribution is 2.52. The SMILES string of the molecule is COc1ccc2c(c1)OC(c1ccc(OCCN3CCCCC3)cc1)C1=C2COc2cc(OC)ccc21. The van der Waals surface area contributed by atoms with Gasteiger partial charge in [0.1, 0.15) is 42.0 Å². The first-order chi connectivity index (χ1) is 18.2. The minimum Gasteiger partial charge on any atom is -0.497 e. The lowest BCUT2D eigenvalue weighted by molar-refractivity contribution is 0.183. The number of hydrogen-bond acceptors (Lipinski definition) is 6.